The first-order chi connectivity index (χ1) is 18.2. The number of nitrogens with two attached hydrogens (primary N) is 2. The summed E-state index contributed by atoms with van der Waals surface area (Å²) in [5, 5.41) is 11.5. The number of thiophene rings is 1. The summed E-state index contributed by atoms with van der Waals surface area (Å²) in [5.74, 6) is -0.586. The Morgan fingerprint density at radius 2 is 1.74 bits per heavy atom. The number of anilines is 1. The van der Waals surface area contributed by atoms with Crippen LogP contribution in [0.1, 0.15) is 61.0 Å². The zero-order valence-corrected chi connectivity index (χ0v) is 22.7. The fraction of sp³-hybridized carbons (Fsp3) is 0.480. The van der Waals surface area contributed by atoms with Gasteiger partial charge in [0, 0.05) is 16.6 Å². The van der Waals surface area contributed by atoms with Crippen molar-refractivity contribution < 1.29 is 33.0 Å². The number of ether oxygens (including phenoxy) is 1. The molecular weight excluding hydrogens is 535 g/mol. The van der Waals surface area contributed by atoms with E-state index in [-0.39, 0.29) is 35.7 Å². The molecule has 1 saturated carbocycles. The molecule has 1 heterocycles. The average molecular weight is 569 g/mol. The van der Waals surface area contributed by atoms with Crippen LogP contribution < -0.4 is 26.6 Å². The fourth-order valence-electron chi connectivity index (χ4n) is 4.57. The van der Waals surface area contributed by atoms with Crippen molar-refractivity contribution in [3.63, 3.8) is 0 Å². The first-order valence-electron chi connectivity index (χ1n) is 12.3. The van der Waals surface area contributed by atoms with Gasteiger partial charge in [0.2, 0.25) is 0 Å². The van der Waals surface area contributed by atoms with Crippen LogP contribution in [0, 0.1) is 11.3 Å². The second kappa shape index (κ2) is 12.5. The van der Waals surface area contributed by atoms with E-state index in [1.54, 1.807) is 17.0 Å². The topological polar surface area (TPSA) is 147 Å². The number of hydrogen-bond donors (Lipinski definition) is 4. The van der Waals surface area contributed by atoms with Crippen molar-refractivity contribution in [2.24, 2.45) is 27.4 Å². The van der Waals surface area contributed by atoms with E-state index in [1.807, 2.05) is 0 Å². The first-order valence-corrected chi connectivity index (χ1v) is 13.1. The molecule has 1 aliphatic rings. The summed E-state index contributed by atoms with van der Waals surface area (Å²) in [6.07, 6.45) is -1.26. The molecule has 39 heavy (non-hydrogen) atoms. The molecule has 0 unspecified atom stereocenters. The SMILES string of the molecule is CC(C)(C)C1CCC(N(Cc2ccc(C(=O)N/C(N)=N/N=[NH2+])s2)C(=O)Nc2ccc(OC(F)(F)F)cc2)CC1. The van der Waals surface area contributed by atoms with Gasteiger partial charge in [0.15, 0.2) is 0 Å². The van der Waals surface area contributed by atoms with Gasteiger partial charge >= 0.3 is 18.4 Å². The molecule has 1 aromatic carbocycles. The Morgan fingerprint density at radius 1 is 1.10 bits per heavy atom. The molecule has 6 N–H and O–H groups in total. The summed E-state index contributed by atoms with van der Waals surface area (Å²) in [5.41, 5.74) is 11.0. The van der Waals surface area contributed by atoms with Crippen LogP contribution in [0.15, 0.2) is 46.7 Å². The van der Waals surface area contributed by atoms with E-state index in [0.29, 0.717) is 16.5 Å². The molecule has 3 rings (SSSR count). The van der Waals surface area contributed by atoms with Crippen LogP contribution >= 0.6 is 11.3 Å². The van der Waals surface area contributed by atoms with E-state index < -0.39 is 12.3 Å². The third-order valence-electron chi connectivity index (χ3n) is 6.58. The Hall–Kier alpha value is -3.68. The molecule has 1 aromatic heterocycles. The lowest BCUT2D eigenvalue weighted by Crippen LogP contribution is -2.45. The zero-order chi connectivity index (χ0) is 28.8. The van der Waals surface area contributed by atoms with E-state index >= 15 is 0 Å². The number of rotatable bonds is 7. The molecule has 212 valence electrons. The number of nitrogens with one attached hydrogen (secondary N) is 2. The molecule has 0 radical (unpaired) electrons. The van der Waals surface area contributed by atoms with E-state index in [1.165, 1.54) is 23.5 Å². The maximum Gasteiger partial charge on any atom is 0.573 e. The van der Waals surface area contributed by atoms with Gasteiger partial charge < -0.3 is 20.7 Å². The highest BCUT2D eigenvalue weighted by Gasteiger charge is 2.34. The van der Waals surface area contributed by atoms with Crippen molar-refractivity contribution in [3.8, 4) is 5.75 Å². The summed E-state index contributed by atoms with van der Waals surface area (Å²) in [6.45, 7) is 6.88. The van der Waals surface area contributed by atoms with Gasteiger partial charge in [-0.15, -0.1) is 24.5 Å². The zero-order valence-electron chi connectivity index (χ0n) is 21.9. The monoisotopic (exact) mass is 568 g/mol. The van der Waals surface area contributed by atoms with Gasteiger partial charge in [0.25, 0.3) is 5.91 Å². The number of carbonyl (C=O) groups excluding carboxylic acids is 2. The average Bonchev–Trinajstić information content (AvgIpc) is 3.31. The second-order valence-corrected chi connectivity index (χ2v) is 11.5. The Bertz CT molecular complexity index is 1180. The minimum absolute atomic E-state index is 0.0512. The molecule has 0 saturated heterocycles. The summed E-state index contributed by atoms with van der Waals surface area (Å²) in [7, 11) is 0. The molecule has 3 amide bonds. The molecule has 10 nitrogen and oxygen atoms in total. The Labute approximate surface area is 228 Å². The molecule has 1 fully saturated rings. The maximum absolute atomic E-state index is 13.4. The van der Waals surface area contributed by atoms with Crippen molar-refractivity contribution >= 4 is 34.9 Å². The van der Waals surface area contributed by atoms with Gasteiger partial charge in [-0.1, -0.05) is 20.8 Å². The number of amides is 3. The third-order valence-corrected chi connectivity index (χ3v) is 7.65. The molecule has 14 heteroatoms. The van der Waals surface area contributed by atoms with E-state index in [2.05, 4.69) is 46.5 Å². The maximum atomic E-state index is 13.4. The van der Waals surface area contributed by atoms with Crippen LogP contribution in [-0.4, -0.2) is 35.2 Å². The van der Waals surface area contributed by atoms with Crippen molar-refractivity contribution in [3.05, 3.63) is 46.2 Å². The number of halogens is 3. The van der Waals surface area contributed by atoms with Crippen molar-refractivity contribution in [1.82, 2.24) is 10.2 Å². The highest BCUT2D eigenvalue weighted by atomic mass is 32.1. The predicted molar refractivity (Wildman–Crippen MR) is 141 cm³/mol. The first kappa shape index (κ1) is 29.9. The van der Waals surface area contributed by atoms with E-state index in [4.69, 9.17) is 11.3 Å². The van der Waals surface area contributed by atoms with Gasteiger partial charge in [-0.3, -0.25) is 10.1 Å². The van der Waals surface area contributed by atoms with Gasteiger partial charge in [0.05, 0.1) is 11.4 Å². The lowest BCUT2D eigenvalue weighted by molar-refractivity contribution is -0.274. The van der Waals surface area contributed by atoms with Crippen LogP contribution in [0.5, 0.6) is 5.75 Å². The van der Waals surface area contributed by atoms with E-state index in [9.17, 15) is 22.8 Å². The quantitative estimate of drug-likeness (QED) is 0.169. The Kier molecular flexibility index (Phi) is 9.54. The molecular formula is C25H33F3N7O3S+. The number of urea groups is 1. The van der Waals surface area contributed by atoms with Gasteiger partial charge in [-0.25, -0.2) is 4.79 Å². The lowest BCUT2D eigenvalue weighted by Gasteiger charge is -2.41. The van der Waals surface area contributed by atoms with Gasteiger partial charge in [-0.2, -0.15) is 5.53 Å². The van der Waals surface area contributed by atoms with Crippen LogP contribution in [0.4, 0.5) is 23.7 Å². The van der Waals surface area contributed by atoms with Gasteiger partial charge in [0.1, 0.15) is 16.1 Å². The minimum Gasteiger partial charge on any atom is -0.406 e. The molecule has 0 atom stereocenters. The van der Waals surface area contributed by atoms with Crippen LogP contribution in [-0.2, 0) is 6.54 Å². The minimum atomic E-state index is -4.80. The van der Waals surface area contributed by atoms with Crippen LogP contribution in [0.2, 0.25) is 0 Å². The number of nitrogens with zero attached hydrogens (tertiary/aromatic N) is 3. The smallest absolute Gasteiger partial charge is 0.406 e. The number of carbonyl (C=O) groups is 2. The van der Waals surface area contributed by atoms with Crippen molar-refractivity contribution in [2.75, 3.05) is 5.32 Å². The highest BCUT2D eigenvalue weighted by molar-refractivity contribution is 7.14. The van der Waals surface area contributed by atoms with Crippen molar-refractivity contribution in [2.45, 2.75) is 65.4 Å². The molecule has 0 bridgehead atoms. The predicted octanol–water partition coefficient (Wildman–Crippen LogP) is 4.46. The molecule has 0 spiro atoms. The number of benzene rings is 1. The Morgan fingerprint density at radius 3 is 2.31 bits per heavy atom. The summed E-state index contributed by atoms with van der Waals surface area (Å²) in [4.78, 5) is 28.7. The normalized spacial score (nSPS) is 18.3. The van der Waals surface area contributed by atoms with Crippen molar-refractivity contribution in [1.29, 1.82) is 0 Å². The Balaban J connectivity index is 1.76. The third kappa shape index (κ3) is 8.94. The summed E-state index contributed by atoms with van der Waals surface area (Å²) >= 11 is 1.20. The highest BCUT2D eigenvalue weighted by Crippen LogP contribution is 2.39. The van der Waals surface area contributed by atoms with E-state index in [0.717, 1.165) is 42.7 Å². The second-order valence-electron chi connectivity index (χ2n) is 10.3. The number of alkyl halides is 3. The summed E-state index contributed by atoms with van der Waals surface area (Å²) < 4.78 is 41.3. The molecule has 1 aliphatic carbocycles. The number of hydrogen-bond acceptors (Lipinski definition) is 5. The molecule has 0 aliphatic heterocycles. The lowest BCUT2D eigenvalue weighted by atomic mass is 9.71. The standard InChI is InChI=1S/C25H32F3N7O3S/c1-24(2,3)15-4-8-17(9-5-15)35(14-19-12-13-20(39-19)21(36)32-22(29)33-34-30)23(37)31-16-6-10-18(11-7-16)38-25(26,27)28/h6-7,10-13,15,17H,4-5,8-9,14H2,1-3H3,(H,31,37)(H4,29,30,32,33,36)/p+1. The van der Waals surface area contributed by atoms with Gasteiger partial charge in [-0.05, 0) is 73.4 Å². The largest absolute Gasteiger partial charge is 0.573 e. The fourth-order valence-corrected chi connectivity index (χ4v) is 5.48. The number of guanidine groups is 1. The van der Waals surface area contributed by atoms with Crippen LogP contribution in [0.25, 0.3) is 0 Å². The van der Waals surface area contributed by atoms with Crippen LogP contribution in [0.3, 0.4) is 0 Å². The molecule has 2 aromatic rings. The summed E-state index contributed by atoms with van der Waals surface area (Å²) in [6, 6.07) is 7.90.